The zero-order valence-electron chi connectivity index (χ0n) is 23.2. The summed E-state index contributed by atoms with van der Waals surface area (Å²) in [5.41, 5.74) is 0.795. The minimum Gasteiger partial charge on any atom is -0.462 e. The highest BCUT2D eigenvalue weighted by molar-refractivity contribution is 5.78. The molecule has 210 valence electrons. The van der Waals surface area contributed by atoms with Gasteiger partial charge < -0.3 is 29.2 Å². The van der Waals surface area contributed by atoms with Gasteiger partial charge in [0.1, 0.15) is 29.8 Å². The molecule has 0 aromatic rings. The van der Waals surface area contributed by atoms with E-state index in [0.717, 1.165) is 38.5 Å². The molecule has 1 aliphatic carbocycles. The van der Waals surface area contributed by atoms with Crippen LogP contribution < -0.4 is 0 Å². The highest BCUT2D eigenvalue weighted by Crippen LogP contribution is 2.47. The predicted octanol–water partition coefficient (Wildman–Crippen LogP) is 4.68. The van der Waals surface area contributed by atoms with E-state index in [9.17, 15) is 15.0 Å². The molecule has 0 amide bonds. The first-order valence-corrected chi connectivity index (χ1v) is 14.4. The summed E-state index contributed by atoms with van der Waals surface area (Å²) in [4.78, 5) is 13.8. The second-order valence-corrected chi connectivity index (χ2v) is 12.1. The SMILES string of the molecule is CC[C@@H]1CCC[C@]2(C[C@@H]3C[C@@H](C/C=C(\C)C[C@@H](C)/C=C/C=C4\CO[C@@H]5[C@H](O)C(C)=C[C@@H](C(=O)O3)[C@]45O)O2)O1. The number of rotatable bonds is 1. The number of hydrogen-bond donors (Lipinski definition) is 2. The van der Waals surface area contributed by atoms with Gasteiger partial charge in [0.15, 0.2) is 5.79 Å². The van der Waals surface area contributed by atoms with Gasteiger partial charge in [-0.05, 0) is 63.0 Å². The van der Waals surface area contributed by atoms with Gasteiger partial charge in [-0.25, -0.2) is 0 Å². The third kappa shape index (κ3) is 5.33. The monoisotopic (exact) mass is 528 g/mol. The zero-order valence-corrected chi connectivity index (χ0v) is 23.2. The molecule has 38 heavy (non-hydrogen) atoms. The van der Waals surface area contributed by atoms with E-state index in [1.165, 1.54) is 5.57 Å². The smallest absolute Gasteiger partial charge is 0.316 e. The number of allylic oxidation sites excluding steroid dienone is 4. The van der Waals surface area contributed by atoms with E-state index in [-0.39, 0.29) is 18.8 Å². The average molecular weight is 529 g/mol. The van der Waals surface area contributed by atoms with E-state index >= 15 is 0 Å². The number of esters is 1. The molecule has 3 fully saturated rings. The van der Waals surface area contributed by atoms with Gasteiger partial charge in [0.25, 0.3) is 0 Å². The van der Waals surface area contributed by atoms with Crippen LogP contribution in [0.3, 0.4) is 0 Å². The summed E-state index contributed by atoms with van der Waals surface area (Å²) in [5.74, 6) is -1.94. The highest BCUT2D eigenvalue weighted by atomic mass is 16.7. The molecule has 3 saturated heterocycles. The number of carbonyl (C=O) groups excluding carboxylic acids is 1. The van der Waals surface area contributed by atoms with Crippen molar-refractivity contribution in [2.24, 2.45) is 11.8 Å². The Bertz CT molecular complexity index is 1030. The molecular weight excluding hydrogens is 484 g/mol. The summed E-state index contributed by atoms with van der Waals surface area (Å²) in [7, 11) is 0. The van der Waals surface area contributed by atoms with Gasteiger partial charge in [0, 0.05) is 19.3 Å². The number of hydrogen-bond acceptors (Lipinski definition) is 7. The standard InChI is InChI=1S/C31H44O7/c1-5-23-10-7-13-30(37-23)17-25-16-24(38-30)12-11-20(3)14-19(2)8-6-9-22-18-35-28-27(32)21(4)15-26(29(33)36-25)31(22,28)34/h6,8-9,11,15,19,23-28,32,34H,5,7,10,12-14,16-18H2,1-4H3/b8-6+,20-11+,22-9+/t19-,23+,24+,25-,26-,27+,28+,30-,31+/m0/s1. The van der Waals surface area contributed by atoms with E-state index < -0.39 is 41.6 Å². The van der Waals surface area contributed by atoms with Crippen LogP contribution in [0.15, 0.2) is 47.1 Å². The van der Waals surface area contributed by atoms with E-state index in [0.29, 0.717) is 29.9 Å². The maximum absolute atomic E-state index is 13.8. The summed E-state index contributed by atoms with van der Waals surface area (Å²) in [6, 6.07) is 0. The largest absolute Gasteiger partial charge is 0.462 e. The van der Waals surface area contributed by atoms with Gasteiger partial charge in [-0.2, -0.15) is 0 Å². The first-order chi connectivity index (χ1) is 18.1. The van der Waals surface area contributed by atoms with Crippen LogP contribution in [0, 0.1) is 11.8 Å². The Hall–Kier alpha value is -1.77. The maximum Gasteiger partial charge on any atom is 0.316 e. The van der Waals surface area contributed by atoms with Crippen molar-refractivity contribution in [3.8, 4) is 0 Å². The second kappa shape index (κ2) is 11.0. The molecule has 4 heterocycles. The Morgan fingerprint density at radius 2 is 2.00 bits per heavy atom. The molecule has 7 nitrogen and oxygen atoms in total. The maximum atomic E-state index is 13.8. The number of aliphatic hydroxyl groups is 2. The van der Waals surface area contributed by atoms with Crippen LogP contribution >= 0.6 is 0 Å². The van der Waals surface area contributed by atoms with Crippen LogP contribution in [0.4, 0.5) is 0 Å². The number of carbonyl (C=O) groups is 1. The number of fused-ring (bicyclic) bond motifs is 2. The minimum atomic E-state index is -1.67. The van der Waals surface area contributed by atoms with Gasteiger partial charge >= 0.3 is 5.97 Å². The lowest BCUT2D eigenvalue weighted by atomic mass is 9.71. The van der Waals surface area contributed by atoms with Crippen molar-refractivity contribution in [1.29, 1.82) is 0 Å². The molecule has 0 aromatic carbocycles. The van der Waals surface area contributed by atoms with Crippen LogP contribution in [0.1, 0.15) is 79.1 Å². The average Bonchev–Trinajstić information content (AvgIpc) is 3.21. The van der Waals surface area contributed by atoms with E-state index in [2.05, 4.69) is 32.9 Å². The van der Waals surface area contributed by atoms with Crippen LogP contribution in [0.5, 0.6) is 0 Å². The number of aliphatic hydroxyl groups excluding tert-OH is 1. The molecule has 0 radical (unpaired) electrons. The molecule has 2 bridgehead atoms. The summed E-state index contributed by atoms with van der Waals surface area (Å²) in [5, 5.41) is 22.8. The first-order valence-electron chi connectivity index (χ1n) is 14.4. The first kappa shape index (κ1) is 27.8. The Morgan fingerprint density at radius 3 is 2.79 bits per heavy atom. The molecule has 0 unspecified atom stereocenters. The van der Waals surface area contributed by atoms with Crippen molar-refractivity contribution in [1.82, 2.24) is 0 Å². The lowest BCUT2D eigenvalue weighted by Crippen LogP contribution is -2.58. The molecule has 4 aliphatic heterocycles. The number of ether oxygens (including phenoxy) is 4. The minimum absolute atomic E-state index is 0.127. The molecular formula is C31H44O7. The van der Waals surface area contributed by atoms with E-state index in [4.69, 9.17) is 18.9 Å². The molecule has 1 spiro atoms. The Morgan fingerprint density at radius 1 is 1.18 bits per heavy atom. The molecule has 5 rings (SSSR count). The van der Waals surface area contributed by atoms with Crippen molar-refractivity contribution in [2.45, 2.75) is 121 Å². The third-order valence-corrected chi connectivity index (χ3v) is 9.04. The highest BCUT2D eigenvalue weighted by Gasteiger charge is 2.60. The van der Waals surface area contributed by atoms with Crippen molar-refractivity contribution < 1.29 is 34.0 Å². The fourth-order valence-electron chi connectivity index (χ4n) is 6.96. The molecule has 9 atom stereocenters. The molecule has 2 N–H and O–H groups in total. The van der Waals surface area contributed by atoms with Crippen molar-refractivity contribution in [2.75, 3.05) is 6.61 Å². The van der Waals surface area contributed by atoms with Gasteiger partial charge in [0.2, 0.25) is 0 Å². The quantitative estimate of drug-likeness (QED) is 0.377. The topological polar surface area (TPSA) is 94.5 Å². The Kier molecular flexibility index (Phi) is 8.05. The normalized spacial score (nSPS) is 47.7. The van der Waals surface area contributed by atoms with Crippen LogP contribution in [-0.4, -0.2) is 64.7 Å². The van der Waals surface area contributed by atoms with Gasteiger partial charge in [-0.3, -0.25) is 4.79 Å². The van der Waals surface area contributed by atoms with E-state index in [1.807, 2.05) is 12.2 Å². The molecule has 7 heteroatoms. The molecule has 5 aliphatic rings. The zero-order chi connectivity index (χ0) is 27.1. The van der Waals surface area contributed by atoms with Crippen LogP contribution in [-0.2, 0) is 23.7 Å². The second-order valence-electron chi connectivity index (χ2n) is 12.1. The molecule has 0 saturated carbocycles. The molecule has 0 aromatic heterocycles. The summed E-state index contributed by atoms with van der Waals surface area (Å²) in [6.07, 6.45) is 13.9. The lowest BCUT2D eigenvalue weighted by molar-refractivity contribution is -0.327. The van der Waals surface area contributed by atoms with Crippen LogP contribution in [0.2, 0.25) is 0 Å². The Labute approximate surface area is 226 Å². The lowest BCUT2D eigenvalue weighted by Gasteiger charge is -2.48. The van der Waals surface area contributed by atoms with Crippen molar-refractivity contribution >= 4 is 5.97 Å². The predicted molar refractivity (Wildman–Crippen MR) is 143 cm³/mol. The fraction of sp³-hybridized carbons (Fsp3) is 0.710. The van der Waals surface area contributed by atoms with E-state index in [1.54, 1.807) is 13.0 Å². The Balaban J connectivity index is 1.51. The van der Waals surface area contributed by atoms with Crippen molar-refractivity contribution in [3.05, 3.63) is 47.1 Å². The summed E-state index contributed by atoms with van der Waals surface area (Å²) >= 11 is 0. The van der Waals surface area contributed by atoms with Gasteiger partial charge in [-0.15, -0.1) is 0 Å². The summed E-state index contributed by atoms with van der Waals surface area (Å²) < 4.78 is 25.2. The van der Waals surface area contributed by atoms with Gasteiger partial charge in [0.05, 0.1) is 18.8 Å². The third-order valence-electron chi connectivity index (χ3n) is 9.04. The summed E-state index contributed by atoms with van der Waals surface area (Å²) in [6.45, 7) is 8.35. The van der Waals surface area contributed by atoms with Crippen LogP contribution in [0.25, 0.3) is 0 Å². The van der Waals surface area contributed by atoms with Crippen molar-refractivity contribution in [3.63, 3.8) is 0 Å². The van der Waals surface area contributed by atoms with Gasteiger partial charge in [-0.1, -0.05) is 49.8 Å². The fourth-order valence-corrected chi connectivity index (χ4v) is 6.96.